The van der Waals surface area contributed by atoms with E-state index < -0.39 is 0 Å². The number of rotatable bonds is 9. The van der Waals surface area contributed by atoms with Gasteiger partial charge in [0.1, 0.15) is 0 Å². The number of benzene rings is 6. The van der Waals surface area contributed by atoms with Gasteiger partial charge in [-0.05, 0) is 137 Å². The maximum absolute atomic E-state index is 4.74. The van der Waals surface area contributed by atoms with Gasteiger partial charge in [0.05, 0.1) is 33.6 Å². The van der Waals surface area contributed by atoms with Crippen LogP contribution in [-0.4, -0.2) is 14.5 Å². The third kappa shape index (κ3) is 7.37. The fourth-order valence-corrected chi connectivity index (χ4v) is 10.1. The molecule has 6 aromatic carbocycles. The fourth-order valence-electron chi connectivity index (χ4n) is 10.1. The van der Waals surface area contributed by atoms with E-state index in [4.69, 9.17) is 4.98 Å². The minimum Gasteiger partial charge on any atom is -0.310 e. The Labute approximate surface area is 392 Å². The SMILES string of the molecule is C=C/C=C\C(=C/C)n1c2c(c3cc(-c4ccccc4)cc(-c4ccc(-c5ccc6c(c5)C(C)(C)c5cc(-c7ccccn7)ccc5N6c5ccc(-c6ccccn6)cc5)cc4)c31)=CCC=CC=2. The Kier molecular flexibility index (Phi) is 10.6. The Bertz CT molecular complexity index is 3560. The summed E-state index contributed by atoms with van der Waals surface area (Å²) in [6.07, 6.45) is 21.8. The van der Waals surface area contributed by atoms with E-state index >= 15 is 0 Å². The molecule has 0 unspecified atom stereocenters. The molecule has 0 spiro atoms. The van der Waals surface area contributed by atoms with E-state index in [9.17, 15) is 0 Å². The van der Waals surface area contributed by atoms with Gasteiger partial charge in [-0.1, -0.05) is 148 Å². The zero-order valence-electron chi connectivity index (χ0n) is 38.1. The van der Waals surface area contributed by atoms with E-state index in [1.165, 1.54) is 66.2 Å². The lowest BCUT2D eigenvalue weighted by Crippen LogP contribution is -2.30. The molecule has 0 amide bonds. The minimum atomic E-state index is -0.323. The summed E-state index contributed by atoms with van der Waals surface area (Å²) in [5, 5.41) is 3.67. The summed E-state index contributed by atoms with van der Waals surface area (Å²) in [6, 6.07) is 59.5. The van der Waals surface area contributed by atoms with Crippen molar-refractivity contribution in [2.75, 3.05) is 4.90 Å². The van der Waals surface area contributed by atoms with Crippen LogP contribution in [0, 0.1) is 0 Å². The van der Waals surface area contributed by atoms with Crippen LogP contribution in [0.5, 0.6) is 0 Å². The molecule has 4 nitrogen and oxygen atoms in total. The Morgan fingerprint density at radius 3 is 1.90 bits per heavy atom. The van der Waals surface area contributed by atoms with Gasteiger partial charge >= 0.3 is 0 Å². The molecule has 0 radical (unpaired) electrons. The normalized spacial score (nSPS) is 13.9. The van der Waals surface area contributed by atoms with Gasteiger partial charge in [-0.25, -0.2) is 0 Å². The average molecular weight is 863 g/mol. The van der Waals surface area contributed by atoms with E-state index in [1.807, 2.05) is 42.7 Å². The number of allylic oxidation sites excluding steroid dienone is 7. The molecule has 0 saturated carbocycles. The highest BCUT2D eigenvalue weighted by Crippen LogP contribution is 2.53. The zero-order chi connectivity index (χ0) is 45.5. The fraction of sp³-hybridized carbons (Fsp3) is 0.0794. The highest BCUT2D eigenvalue weighted by Gasteiger charge is 2.37. The van der Waals surface area contributed by atoms with Crippen LogP contribution in [0.3, 0.4) is 0 Å². The van der Waals surface area contributed by atoms with Crippen LogP contribution in [0.15, 0.2) is 219 Å². The van der Waals surface area contributed by atoms with E-state index in [-0.39, 0.29) is 5.41 Å². The number of pyridine rings is 2. The number of anilines is 3. The van der Waals surface area contributed by atoms with Crippen molar-refractivity contribution >= 4 is 45.8 Å². The van der Waals surface area contributed by atoms with Gasteiger partial charge in [0.2, 0.25) is 0 Å². The molecule has 2 aliphatic rings. The summed E-state index contributed by atoms with van der Waals surface area (Å²) < 4.78 is 2.43. The summed E-state index contributed by atoms with van der Waals surface area (Å²) in [4.78, 5) is 11.8. The molecular weight excluding hydrogens is 813 g/mol. The molecule has 1 aliphatic carbocycles. The number of hydrogen-bond acceptors (Lipinski definition) is 3. The summed E-state index contributed by atoms with van der Waals surface area (Å²) in [7, 11) is 0. The minimum absolute atomic E-state index is 0.323. The van der Waals surface area contributed by atoms with Crippen molar-refractivity contribution in [2.24, 2.45) is 0 Å². The number of fused-ring (bicyclic) bond motifs is 5. The van der Waals surface area contributed by atoms with E-state index in [0.29, 0.717) is 0 Å². The lowest BCUT2D eigenvalue weighted by atomic mass is 9.72. The Hall–Kier alpha value is -8.34. The molecule has 0 atom stereocenters. The Morgan fingerprint density at radius 1 is 0.612 bits per heavy atom. The second-order valence-electron chi connectivity index (χ2n) is 17.7. The van der Waals surface area contributed by atoms with Crippen LogP contribution in [0.2, 0.25) is 0 Å². The monoisotopic (exact) mass is 862 g/mol. The third-order valence-electron chi connectivity index (χ3n) is 13.5. The van der Waals surface area contributed by atoms with Crippen molar-refractivity contribution in [3.63, 3.8) is 0 Å². The first kappa shape index (κ1) is 41.4. The smallest absolute Gasteiger partial charge is 0.0702 e. The second kappa shape index (κ2) is 17.2. The number of nitrogens with zero attached hydrogens (tertiary/aromatic N) is 4. The van der Waals surface area contributed by atoms with Crippen LogP contribution in [0.1, 0.15) is 38.3 Å². The topological polar surface area (TPSA) is 34.0 Å². The van der Waals surface area contributed by atoms with Gasteiger partial charge < -0.3 is 9.47 Å². The maximum atomic E-state index is 4.74. The van der Waals surface area contributed by atoms with Crippen molar-refractivity contribution in [3.8, 4) is 55.9 Å². The lowest BCUT2D eigenvalue weighted by Gasteiger charge is -2.42. The molecule has 0 N–H and O–H groups in total. The number of hydrogen-bond donors (Lipinski definition) is 0. The molecule has 4 heterocycles. The molecular formula is C63H50N4. The first-order valence-corrected chi connectivity index (χ1v) is 23.1. The van der Waals surface area contributed by atoms with Crippen molar-refractivity contribution in [2.45, 2.75) is 32.6 Å². The molecule has 3 aromatic heterocycles. The highest BCUT2D eigenvalue weighted by molar-refractivity contribution is 6.02. The molecule has 0 saturated heterocycles. The largest absolute Gasteiger partial charge is 0.310 e. The van der Waals surface area contributed by atoms with Gasteiger partial charge in [0.15, 0.2) is 0 Å². The van der Waals surface area contributed by atoms with E-state index in [1.54, 1.807) is 0 Å². The summed E-state index contributed by atoms with van der Waals surface area (Å²) >= 11 is 0. The van der Waals surface area contributed by atoms with Crippen LogP contribution in [0.25, 0.3) is 84.6 Å². The molecule has 4 heteroatoms. The van der Waals surface area contributed by atoms with Crippen molar-refractivity contribution in [1.29, 1.82) is 0 Å². The van der Waals surface area contributed by atoms with Crippen molar-refractivity contribution in [1.82, 2.24) is 14.5 Å². The second-order valence-corrected chi connectivity index (χ2v) is 17.7. The summed E-state index contributed by atoms with van der Waals surface area (Å²) in [5.41, 5.74) is 19.1. The van der Waals surface area contributed by atoms with Gasteiger partial charge in [0, 0.05) is 56.5 Å². The van der Waals surface area contributed by atoms with Gasteiger partial charge in [0.25, 0.3) is 0 Å². The third-order valence-corrected chi connectivity index (χ3v) is 13.5. The van der Waals surface area contributed by atoms with Gasteiger partial charge in [-0.15, -0.1) is 0 Å². The highest BCUT2D eigenvalue weighted by atomic mass is 15.2. The van der Waals surface area contributed by atoms with Crippen LogP contribution in [0.4, 0.5) is 17.1 Å². The average Bonchev–Trinajstić information content (AvgIpc) is 3.49. The van der Waals surface area contributed by atoms with Crippen LogP contribution < -0.4 is 15.5 Å². The first-order valence-electron chi connectivity index (χ1n) is 23.1. The molecule has 0 fully saturated rings. The standard InChI is InChI=1S/C63H50N4/c1-5-7-20-50(6-2)67-59-24-13-9-12-21-52(59)54-40-49(43-18-10-8-11-19-43)39-53(62(54)67)45-27-25-44(26-28-45)47-31-35-60-55(41-47)63(3,4)56-42-48(58-23-15-17-38-65-58)32-36-61(56)66(60)51-33-29-46(30-34-51)57-22-14-16-37-64-57/h5-11,13-42H,1,12H2,2-4H3/b20-7-,50-6+. The Morgan fingerprint density at radius 2 is 1.22 bits per heavy atom. The predicted molar refractivity (Wildman–Crippen MR) is 283 cm³/mol. The van der Waals surface area contributed by atoms with E-state index in [2.05, 4.69) is 224 Å². The van der Waals surface area contributed by atoms with Gasteiger partial charge in [-0.3, -0.25) is 9.97 Å². The molecule has 67 heavy (non-hydrogen) atoms. The summed E-state index contributed by atoms with van der Waals surface area (Å²) in [6.45, 7) is 10.8. The quantitative estimate of drug-likeness (QED) is 0.136. The van der Waals surface area contributed by atoms with E-state index in [0.717, 1.165) is 51.4 Å². The van der Waals surface area contributed by atoms with Crippen LogP contribution in [-0.2, 0) is 5.41 Å². The molecule has 9 aromatic rings. The molecule has 1 aliphatic heterocycles. The molecule has 322 valence electrons. The maximum Gasteiger partial charge on any atom is 0.0702 e. The molecule has 0 bridgehead atoms. The van der Waals surface area contributed by atoms with Crippen molar-refractivity contribution < 1.29 is 0 Å². The zero-order valence-corrected chi connectivity index (χ0v) is 38.1. The lowest BCUT2D eigenvalue weighted by molar-refractivity contribution is 0.632. The van der Waals surface area contributed by atoms with Gasteiger partial charge in [-0.2, -0.15) is 0 Å². The summed E-state index contributed by atoms with van der Waals surface area (Å²) in [5.74, 6) is 0. The van der Waals surface area contributed by atoms with Crippen LogP contribution >= 0.6 is 0 Å². The Balaban J connectivity index is 1.06. The first-order chi connectivity index (χ1) is 32.9. The number of aromatic nitrogens is 3. The predicted octanol–water partition coefficient (Wildman–Crippen LogP) is 15.0. The van der Waals surface area contributed by atoms with Crippen molar-refractivity contribution in [3.05, 3.63) is 241 Å². The molecule has 11 rings (SSSR count).